The first-order chi connectivity index (χ1) is 11.5. The molecule has 0 unspecified atom stereocenters. The standard InChI is InChI=1S/C20H24N2O2/c1-11-6-8-16-17-18-19(13(3)21(11)16)24-20(17,14(4)23)10-9-15-7-5-12(2)22(15)18/h5-10,13-14,17-19,23H,1-4H3/t13-,14+,17+,18+,19-,20+/m1/s1. The number of rotatable bonds is 1. The van der Waals surface area contributed by atoms with Crippen molar-refractivity contribution in [2.45, 2.75) is 63.5 Å². The van der Waals surface area contributed by atoms with Gasteiger partial charge in [-0.05, 0) is 64.1 Å². The van der Waals surface area contributed by atoms with E-state index in [1.807, 2.05) is 6.92 Å². The summed E-state index contributed by atoms with van der Waals surface area (Å²) < 4.78 is 11.5. The van der Waals surface area contributed by atoms with E-state index in [1.165, 1.54) is 22.8 Å². The predicted molar refractivity (Wildman–Crippen MR) is 93.1 cm³/mol. The molecule has 4 bridgehead atoms. The lowest BCUT2D eigenvalue weighted by molar-refractivity contribution is -0.0905. The molecule has 0 radical (unpaired) electrons. The van der Waals surface area contributed by atoms with Crippen LogP contribution in [0.1, 0.15) is 54.6 Å². The number of nitrogens with zero attached hydrogens (tertiary/aromatic N) is 2. The first-order valence-electron chi connectivity index (χ1n) is 8.86. The molecule has 24 heavy (non-hydrogen) atoms. The second-order valence-electron chi connectivity index (χ2n) is 7.69. The Morgan fingerprint density at radius 3 is 2.58 bits per heavy atom. The third kappa shape index (κ3) is 1.47. The highest BCUT2D eigenvalue weighted by Crippen LogP contribution is 2.60. The smallest absolute Gasteiger partial charge is 0.123 e. The van der Waals surface area contributed by atoms with Crippen LogP contribution in [0.15, 0.2) is 30.3 Å². The van der Waals surface area contributed by atoms with Crippen molar-refractivity contribution >= 4 is 6.08 Å². The Kier molecular flexibility index (Phi) is 2.69. The van der Waals surface area contributed by atoms with Crippen LogP contribution in [0, 0.1) is 13.8 Å². The van der Waals surface area contributed by atoms with Gasteiger partial charge in [0, 0.05) is 22.8 Å². The first-order valence-corrected chi connectivity index (χ1v) is 8.86. The van der Waals surface area contributed by atoms with Gasteiger partial charge in [0.05, 0.1) is 24.1 Å². The van der Waals surface area contributed by atoms with E-state index in [0.29, 0.717) is 0 Å². The topological polar surface area (TPSA) is 39.3 Å². The maximum absolute atomic E-state index is 10.7. The molecule has 0 spiro atoms. The molecule has 4 nitrogen and oxygen atoms in total. The van der Waals surface area contributed by atoms with Crippen LogP contribution >= 0.6 is 0 Å². The van der Waals surface area contributed by atoms with Crippen molar-refractivity contribution in [3.8, 4) is 0 Å². The van der Waals surface area contributed by atoms with Gasteiger partial charge in [-0.2, -0.15) is 0 Å². The highest BCUT2D eigenvalue weighted by molar-refractivity contribution is 5.54. The Morgan fingerprint density at radius 1 is 1.12 bits per heavy atom. The quantitative estimate of drug-likeness (QED) is 0.874. The van der Waals surface area contributed by atoms with Crippen LogP contribution in [-0.4, -0.2) is 32.0 Å². The summed E-state index contributed by atoms with van der Waals surface area (Å²) in [4.78, 5) is 0. The molecule has 0 amide bonds. The minimum absolute atomic E-state index is 0.0537. The van der Waals surface area contributed by atoms with E-state index in [0.717, 1.165) is 0 Å². The van der Waals surface area contributed by atoms with Gasteiger partial charge in [-0.3, -0.25) is 0 Å². The molecule has 1 saturated heterocycles. The molecule has 3 aliphatic rings. The van der Waals surface area contributed by atoms with Gasteiger partial charge in [0.2, 0.25) is 0 Å². The number of ether oxygens (including phenoxy) is 1. The molecular formula is C20H24N2O2. The lowest BCUT2D eigenvalue weighted by Gasteiger charge is -2.39. The summed E-state index contributed by atoms with van der Waals surface area (Å²) >= 11 is 0. The van der Waals surface area contributed by atoms with Gasteiger partial charge >= 0.3 is 0 Å². The zero-order valence-electron chi connectivity index (χ0n) is 14.6. The summed E-state index contributed by atoms with van der Waals surface area (Å²) in [5.41, 5.74) is 4.36. The van der Waals surface area contributed by atoms with Gasteiger partial charge in [0.1, 0.15) is 11.7 Å². The predicted octanol–water partition coefficient (Wildman–Crippen LogP) is 3.35. The molecule has 5 heterocycles. The van der Waals surface area contributed by atoms with E-state index in [2.05, 4.69) is 66.3 Å². The first kappa shape index (κ1) is 14.6. The Labute approximate surface area is 142 Å². The highest BCUT2D eigenvalue weighted by Gasteiger charge is 2.63. The van der Waals surface area contributed by atoms with Crippen LogP contribution < -0.4 is 0 Å². The van der Waals surface area contributed by atoms with Crippen molar-refractivity contribution in [2.75, 3.05) is 0 Å². The fourth-order valence-corrected chi connectivity index (χ4v) is 5.42. The molecule has 2 aromatic heterocycles. The van der Waals surface area contributed by atoms with Crippen molar-refractivity contribution in [1.82, 2.24) is 9.13 Å². The number of aliphatic hydroxyl groups excluding tert-OH is 1. The monoisotopic (exact) mass is 324 g/mol. The van der Waals surface area contributed by atoms with Crippen LogP contribution in [0.25, 0.3) is 6.08 Å². The number of aromatic nitrogens is 2. The summed E-state index contributed by atoms with van der Waals surface area (Å²) in [6, 6.07) is 9.24. The van der Waals surface area contributed by atoms with E-state index >= 15 is 0 Å². The summed E-state index contributed by atoms with van der Waals surface area (Å²) in [5.74, 6) is 0.121. The Morgan fingerprint density at radius 2 is 1.83 bits per heavy atom. The maximum Gasteiger partial charge on any atom is 0.123 e. The number of aryl methyl sites for hydroxylation is 2. The van der Waals surface area contributed by atoms with Gasteiger partial charge in [-0.1, -0.05) is 0 Å². The van der Waals surface area contributed by atoms with Crippen molar-refractivity contribution in [3.63, 3.8) is 0 Å². The number of fused-ring (bicyclic) bond motifs is 2. The lowest BCUT2D eigenvalue weighted by atomic mass is 9.75. The minimum Gasteiger partial charge on any atom is -0.390 e. The fourth-order valence-electron chi connectivity index (χ4n) is 5.42. The molecule has 0 aliphatic carbocycles. The molecule has 1 fully saturated rings. The second-order valence-corrected chi connectivity index (χ2v) is 7.69. The van der Waals surface area contributed by atoms with E-state index < -0.39 is 11.7 Å². The van der Waals surface area contributed by atoms with Gasteiger partial charge in [-0.25, -0.2) is 0 Å². The van der Waals surface area contributed by atoms with Gasteiger partial charge in [0.25, 0.3) is 0 Å². The van der Waals surface area contributed by atoms with Crippen molar-refractivity contribution < 1.29 is 9.84 Å². The molecule has 2 aromatic rings. The molecule has 126 valence electrons. The molecule has 6 atom stereocenters. The van der Waals surface area contributed by atoms with E-state index in [1.54, 1.807) is 0 Å². The Bertz CT molecular complexity index is 859. The van der Waals surface area contributed by atoms with Gasteiger partial charge in [0.15, 0.2) is 0 Å². The second kappa shape index (κ2) is 4.44. The number of hydrogen-bond acceptors (Lipinski definition) is 2. The third-order valence-electron chi connectivity index (χ3n) is 6.48. The van der Waals surface area contributed by atoms with Crippen molar-refractivity contribution in [2.24, 2.45) is 0 Å². The lowest BCUT2D eigenvalue weighted by Crippen LogP contribution is -2.44. The summed E-state index contributed by atoms with van der Waals surface area (Å²) in [7, 11) is 0. The summed E-state index contributed by atoms with van der Waals surface area (Å²) in [6.45, 7) is 8.42. The maximum atomic E-state index is 10.7. The van der Waals surface area contributed by atoms with Crippen molar-refractivity contribution in [3.05, 3.63) is 53.1 Å². The normalized spacial score (nSPS) is 37.0. The molecule has 3 aliphatic heterocycles. The number of hydrogen-bond donors (Lipinski definition) is 1. The van der Waals surface area contributed by atoms with Crippen LogP contribution in [0.3, 0.4) is 0 Å². The van der Waals surface area contributed by atoms with Crippen LogP contribution in [-0.2, 0) is 4.74 Å². The Balaban J connectivity index is 1.85. The molecule has 1 N–H and O–H groups in total. The van der Waals surface area contributed by atoms with E-state index in [4.69, 9.17) is 4.74 Å². The molecule has 5 rings (SSSR count). The zero-order valence-corrected chi connectivity index (χ0v) is 14.6. The minimum atomic E-state index is -0.659. The molecule has 0 aromatic carbocycles. The summed E-state index contributed by atoms with van der Waals surface area (Å²) in [6.07, 6.45) is 3.72. The molecular weight excluding hydrogens is 300 g/mol. The number of aliphatic hydroxyl groups is 1. The van der Waals surface area contributed by atoms with Gasteiger partial charge < -0.3 is 19.0 Å². The van der Waals surface area contributed by atoms with E-state index in [9.17, 15) is 5.11 Å². The largest absolute Gasteiger partial charge is 0.390 e. The average Bonchev–Trinajstić information content (AvgIpc) is 3.11. The fraction of sp³-hybridized carbons (Fsp3) is 0.500. The van der Waals surface area contributed by atoms with Crippen LogP contribution in [0.5, 0.6) is 0 Å². The Hall–Kier alpha value is -1.78. The third-order valence-corrected chi connectivity index (χ3v) is 6.48. The summed E-state index contributed by atoms with van der Waals surface area (Å²) in [5, 5.41) is 10.7. The van der Waals surface area contributed by atoms with Gasteiger partial charge in [-0.15, -0.1) is 0 Å². The van der Waals surface area contributed by atoms with Crippen LogP contribution in [0.2, 0.25) is 0 Å². The molecule has 4 heteroatoms. The highest BCUT2D eigenvalue weighted by atomic mass is 16.5. The average molecular weight is 324 g/mol. The van der Waals surface area contributed by atoms with Crippen molar-refractivity contribution in [1.29, 1.82) is 0 Å². The van der Waals surface area contributed by atoms with E-state index in [-0.39, 0.29) is 24.1 Å². The zero-order chi connectivity index (χ0) is 16.8. The molecule has 0 saturated carbocycles. The SMILES string of the molecule is Cc1ccc2n1[C@@H]1[C@@H]3O[C@]([C@H](C)O)(C=C2)[C@H]1c1ccc(C)n1[C@@H]3C. The van der Waals surface area contributed by atoms with Crippen LogP contribution in [0.4, 0.5) is 0 Å².